The summed E-state index contributed by atoms with van der Waals surface area (Å²) in [5.41, 5.74) is 7.36. The Balaban J connectivity index is 0.00000141. The summed E-state index contributed by atoms with van der Waals surface area (Å²) in [6.07, 6.45) is 7.13. The highest BCUT2D eigenvalue weighted by Crippen LogP contribution is 2.27. The van der Waals surface area contributed by atoms with Gasteiger partial charge in [-0.1, -0.05) is 26.0 Å². The Hall–Kier alpha value is -2.87. The third-order valence-corrected chi connectivity index (χ3v) is 6.14. The largest absolute Gasteiger partial charge is 0.506 e. The number of para-hydroxylation sites is 2. The van der Waals surface area contributed by atoms with Crippen molar-refractivity contribution in [3.63, 3.8) is 0 Å². The number of benzene rings is 1. The van der Waals surface area contributed by atoms with Crippen LogP contribution in [0.1, 0.15) is 45.1 Å². The van der Waals surface area contributed by atoms with Gasteiger partial charge in [0.25, 0.3) is 0 Å². The zero-order chi connectivity index (χ0) is 22.9. The zero-order valence-electron chi connectivity index (χ0n) is 19.2. The normalized spacial score (nSPS) is 18.0. The van der Waals surface area contributed by atoms with Crippen LogP contribution < -0.4 is 11.1 Å². The van der Waals surface area contributed by atoms with E-state index in [1.165, 1.54) is 0 Å². The monoisotopic (exact) mass is 440 g/mol. The van der Waals surface area contributed by atoms with Gasteiger partial charge in [0.1, 0.15) is 5.75 Å². The van der Waals surface area contributed by atoms with Gasteiger partial charge in [-0.3, -0.25) is 9.69 Å². The van der Waals surface area contributed by atoms with Crippen molar-refractivity contribution in [1.29, 1.82) is 0 Å². The van der Waals surface area contributed by atoms with Gasteiger partial charge in [-0.15, -0.1) is 0 Å². The second-order valence-electron chi connectivity index (χ2n) is 8.26. The number of amides is 1. The Morgan fingerprint density at radius 2 is 1.69 bits per heavy atom. The van der Waals surface area contributed by atoms with E-state index < -0.39 is 0 Å². The fraction of sp³-hybridized carbons (Fsp3) is 0.542. The standard InChI is InChI=1S/C22H30N6O2.C2H6/c23-22-24-13-16(14-25-22)15-27-9-5-17(6-10-27)21(30)28-11-7-18(8-12-28)26-19-3-1-2-4-20(19)29;1-2/h1-4,13-14,17-18,26,29H,5-12,15H2,(H2,23,24,25);1-2H3. The Morgan fingerprint density at radius 3 is 2.31 bits per heavy atom. The van der Waals surface area contributed by atoms with Crippen LogP contribution in [0.25, 0.3) is 0 Å². The molecular weight excluding hydrogens is 404 g/mol. The molecule has 0 radical (unpaired) electrons. The molecule has 1 aromatic carbocycles. The maximum Gasteiger partial charge on any atom is 0.225 e. The van der Waals surface area contributed by atoms with Gasteiger partial charge in [-0.05, 0) is 50.9 Å². The lowest BCUT2D eigenvalue weighted by Crippen LogP contribution is -2.47. The number of rotatable bonds is 5. The first-order valence-electron chi connectivity index (χ1n) is 11.7. The highest BCUT2D eigenvalue weighted by Gasteiger charge is 2.31. The van der Waals surface area contributed by atoms with E-state index in [2.05, 4.69) is 20.2 Å². The number of anilines is 2. The number of carbonyl (C=O) groups excluding carboxylic acids is 1. The van der Waals surface area contributed by atoms with Crippen LogP contribution in [0.3, 0.4) is 0 Å². The smallest absolute Gasteiger partial charge is 0.225 e. The molecule has 4 N–H and O–H groups in total. The van der Waals surface area contributed by atoms with Crippen molar-refractivity contribution in [3.8, 4) is 5.75 Å². The van der Waals surface area contributed by atoms with E-state index in [1.54, 1.807) is 18.5 Å². The number of nitrogens with zero attached hydrogens (tertiary/aromatic N) is 4. The molecular formula is C24H36N6O2. The van der Waals surface area contributed by atoms with Crippen LogP contribution in [-0.2, 0) is 11.3 Å². The lowest BCUT2D eigenvalue weighted by molar-refractivity contribution is -0.138. The SMILES string of the molecule is CC.Nc1ncc(CN2CCC(C(=O)N3CCC(Nc4ccccc4O)CC3)CC2)cn1. The summed E-state index contributed by atoms with van der Waals surface area (Å²) in [4.78, 5) is 25.5. The second-order valence-corrected chi connectivity index (χ2v) is 8.26. The number of phenols is 1. The molecule has 8 nitrogen and oxygen atoms in total. The van der Waals surface area contributed by atoms with Crippen LogP contribution in [0, 0.1) is 5.92 Å². The van der Waals surface area contributed by atoms with Gasteiger partial charge < -0.3 is 21.1 Å². The van der Waals surface area contributed by atoms with Gasteiger partial charge in [0, 0.05) is 49.6 Å². The van der Waals surface area contributed by atoms with E-state index in [-0.39, 0.29) is 17.7 Å². The van der Waals surface area contributed by atoms with Crippen molar-refractivity contribution < 1.29 is 9.90 Å². The van der Waals surface area contributed by atoms with Crippen LogP contribution in [0.2, 0.25) is 0 Å². The van der Waals surface area contributed by atoms with Crippen molar-refractivity contribution in [3.05, 3.63) is 42.2 Å². The summed E-state index contributed by atoms with van der Waals surface area (Å²) in [5, 5.41) is 13.3. The summed E-state index contributed by atoms with van der Waals surface area (Å²) in [7, 11) is 0. The van der Waals surface area contributed by atoms with E-state index in [4.69, 9.17) is 5.73 Å². The summed E-state index contributed by atoms with van der Waals surface area (Å²) in [6, 6.07) is 7.58. The molecule has 2 saturated heterocycles. The number of nitrogens with two attached hydrogens (primary N) is 1. The highest BCUT2D eigenvalue weighted by atomic mass is 16.3. The predicted molar refractivity (Wildman–Crippen MR) is 127 cm³/mol. The fourth-order valence-corrected chi connectivity index (χ4v) is 4.36. The minimum Gasteiger partial charge on any atom is -0.506 e. The molecule has 0 saturated carbocycles. The van der Waals surface area contributed by atoms with Crippen LogP contribution in [-0.4, -0.2) is 63.0 Å². The van der Waals surface area contributed by atoms with Gasteiger partial charge in [-0.25, -0.2) is 9.97 Å². The van der Waals surface area contributed by atoms with E-state index >= 15 is 0 Å². The molecule has 0 unspecified atom stereocenters. The van der Waals surface area contributed by atoms with Crippen molar-refractivity contribution in [2.75, 3.05) is 37.2 Å². The maximum atomic E-state index is 13.0. The molecule has 2 fully saturated rings. The fourth-order valence-electron chi connectivity index (χ4n) is 4.36. The Labute approximate surface area is 190 Å². The summed E-state index contributed by atoms with van der Waals surface area (Å²) < 4.78 is 0. The Bertz CT molecular complexity index is 844. The molecule has 3 heterocycles. The summed E-state index contributed by atoms with van der Waals surface area (Å²) in [6.45, 7) is 8.16. The first kappa shape index (κ1) is 23.8. The van der Waals surface area contributed by atoms with Crippen LogP contribution in [0.15, 0.2) is 36.7 Å². The Kier molecular flexibility index (Phi) is 8.67. The van der Waals surface area contributed by atoms with Crippen molar-refractivity contribution >= 4 is 17.5 Å². The average molecular weight is 441 g/mol. The van der Waals surface area contributed by atoms with Crippen molar-refractivity contribution in [2.24, 2.45) is 5.92 Å². The Morgan fingerprint density at radius 1 is 1.06 bits per heavy atom. The van der Waals surface area contributed by atoms with Gasteiger partial charge in [0.2, 0.25) is 11.9 Å². The third kappa shape index (κ3) is 6.32. The highest BCUT2D eigenvalue weighted by molar-refractivity contribution is 5.79. The molecule has 1 amide bonds. The summed E-state index contributed by atoms with van der Waals surface area (Å²) >= 11 is 0. The molecule has 2 aromatic rings. The van der Waals surface area contributed by atoms with Crippen molar-refractivity contribution in [2.45, 2.75) is 52.1 Å². The van der Waals surface area contributed by atoms with E-state index in [9.17, 15) is 9.90 Å². The number of nitrogen functional groups attached to an aromatic ring is 1. The van der Waals surface area contributed by atoms with Crippen LogP contribution in [0.4, 0.5) is 11.6 Å². The number of piperidine rings is 2. The molecule has 0 atom stereocenters. The molecule has 32 heavy (non-hydrogen) atoms. The van der Waals surface area contributed by atoms with E-state index in [0.29, 0.717) is 11.9 Å². The van der Waals surface area contributed by atoms with E-state index in [1.807, 2.05) is 36.9 Å². The minimum atomic E-state index is 0.117. The maximum absolute atomic E-state index is 13.0. The predicted octanol–water partition coefficient (Wildman–Crippen LogP) is 3.11. The lowest BCUT2D eigenvalue weighted by Gasteiger charge is -2.37. The van der Waals surface area contributed by atoms with Crippen LogP contribution in [0.5, 0.6) is 5.75 Å². The quantitative estimate of drug-likeness (QED) is 0.613. The van der Waals surface area contributed by atoms with Gasteiger partial charge in [0.05, 0.1) is 5.69 Å². The topological polar surface area (TPSA) is 108 Å². The van der Waals surface area contributed by atoms with Gasteiger partial charge in [-0.2, -0.15) is 0 Å². The van der Waals surface area contributed by atoms with Gasteiger partial charge >= 0.3 is 0 Å². The number of carbonyl (C=O) groups is 1. The molecule has 2 aliphatic rings. The molecule has 4 rings (SSSR count). The molecule has 8 heteroatoms. The molecule has 1 aromatic heterocycles. The van der Waals surface area contributed by atoms with Gasteiger partial charge in [0.15, 0.2) is 0 Å². The first-order chi connectivity index (χ1) is 15.6. The molecule has 0 spiro atoms. The minimum absolute atomic E-state index is 0.117. The molecule has 2 aliphatic heterocycles. The summed E-state index contributed by atoms with van der Waals surface area (Å²) in [5.74, 6) is 0.981. The first-order valence-corrected chi connectivity index (χ1v) is 11.7. The number of likely N-dealkylation sites (tertiary alicyclic amines) is 2. The third-order valence-electron chi connectivity index (χ3n) is 6.14. The zero-order valence-corrected chi connectivity index (χ0v) is 19.2. The van der Waals surface area contributed by atoms with Crippen molar-refractivity contribution in [1.82, 2.24) is 19.8 Å². The molecule has 0 aliphatic carbocycles. The molecule has 0 bridgehead atoms. The second kappa shape index (κ2) is 11.7. The number of hydrogen-bond donors (Lipinski definition) is 3. The number of aromatic hydroxyl groups is 1. The molecule has 174 valence electrons. The number of hydrogen-bond acceptors (Lipinski definition) is 7. The number of aromatic nitrogens is 2. The van der Waals surface area contributed by atoms with Crippen LogP contribution >= 0.6 is 0 Å². The number of nitrogens with one attached hydrogen (secondary N) is 1. The lowest BCUT2D eigenvalue weighted by atomic mass is 9.93. The number of phenolic OH excluding ortho intramolecular Hbond substituents is 1. The van der Waals surface area contributed by atoms with E-state index in [0.717, 1.165) is 69.7 Å². The average Bonchev–Trinajstić information content (AvgIpc) is 2.84.